The van der Waals surface area contributed by atoms with Gasteiger partial charge in [-0.05, 0) is 25.1 Å². The van der Waals surface area contributed by atoms with Crippen molar-refractivity contribution in [3.05, 3.63) is 29.8 Å². The number of rotatable bonds is 5. The van der Waals surface area contributed by atoms with Gasteiger partial charge in [0.25, 0.3) is 0 Å². The minimum absolute atomic E-state index is 0.205. The van der Waals surface area contributed by atoms with Crippen LogP contribution < -0.4 is 5.73 Å². The van der Waals surface area contributed by atoms with E-state index in [1.165, 1.54) is 7.05 Å². The second-order valence-corrected chi connectivity index (χ2v) is 5.62. The van der Waals surface area contributed by atoms with Crippen LogP contribution >= 0.6 is 0 Å². The summed E-state index contributed by atoms with van der Waals surface area (Å²) in [7, 11) is -2.52. The van der Waals surface area contributed by atoms with E-state index >= 15 is 0 Å². The fraction of sp³-hybridized carbons (Fsp3) is 0.400. The Balaban J connectivity index is 3.04. The molecule has 0 saturated carbocycles. The molecule has 0 aromatic heterocycles. The molecule has 0 aliphatic carbocycles. The van der Waals surface area contributed by atoms with Crippen molar-refractivity contribution in [1.29, 1.82) is 0 Å². The largest absolute Gasteiger partial charge is 0.330 e. The SMILES string of the molecule is CN(CCCN)S(=O)(=O)c1cc(F)cc(F)c1. The molecule has 0 aliphatic rings. The van der Waals surface area contributed by atoms with Gasteiger partial charge in [-0.25, -0.2) is 21.5 Å². The summed E-state index contributed by atoms with van der Waals surface area (Å²) in [5.74, 6) is -1.84. The zero-order valence-corrected chi connectivity index (χ0v) is 10.2. The van der Waals surface area contributed by atoms with Crippen molar-refractivity contribution >= 4 is 10.0 Å². The molecule has 17 heavy (non-hydrogen) atoms. The molecule has 0 spiro atoms. The van der Waals surface area contributed by atoms with Gasteiger partial charge in [0.15, 0.2) is 0 Å². The van der Waals surface area contributed by atoms with Crippen LogP contribution in [0.15, 0.2) is 23.1 Å². The third-order valence-electron chi connectivity index (χ3n) is 2.22. The van der Waals surface area contributed by atoms with Crippen LogP contribution in [-0.2, 0) is 10.0 Å². The van der Waals surface area contributed by atoms with E-state index < -0.39 is 26.6 Å². The molecule has 0 saturated heterocycles. The van der Waals surface area contributed by atoms with Gasteiger partial charge in [0.1, 0.15) is 11.6 Å². The summed E-state index contributed by atoms with van der Waals surface area (Å²) in [4.78, 5) is -0.394. The zero-order valence-electron chi connectivity index (χ0n) is 9.36. The standard InChI is InChI=1S/C10H14F2N2O2S/c1-14(4-2-3-13)17(15,16)10-6-8(11)5-9(12)7-10/h5-7H,2-4,13H2,1H3. The quantitative estimate of drug-likeness (QED) is 0.860. The van der Waals surface area contributed by atoms with Gasteiger partial charge >= 0.3 is 0 Å². The summed E-state index contributed by atoms with van der Waals surface area (Å²) in [6.07, 6.45) is 0.480. The molecule has 0 fully saturated rings. The molecule has 0 radical (unpaired) electrons. The maximum atomic E-state index is 12.9. The Kier molecular flexibility index (Phi) is 4.55. The Hall–Kier alpha value is -1.05. The van der Waals surface area contributed by atoms with Crippen molar-refractivity contribution in [2.75, 3.05) is 20.1 Å². The Morgan fingerprint density at radius 2 is 1.76 bits per heavy atom. The Morgan fingerprint density at radius 3 is 2.24 bits per heavy atom. The van der Waals surface area contributed by atoms with E-state index in [0.717, 1.165) is 16.4 Å². The Bertz CT molecular complexity index is 471. The summed E-state index contributed by atoms with van der Waals surface area (Å²) in [5.41, 5.74) is 5.27. The second-order valence-electron chi connectivity index (χ2n) is 3.57. The van der Waals surface area contributed by atoms with Gasteiger partial charge < -0.3 is 5.73 Å². The van der Waals surface area contributed by atoms with Crippen LogP contribution in [0, 0.1) is 11.6 Å². The first-order chi connectivity index (χ1) is 7.87. The van der Waals surface area contributed by atoms with Crippen LogP contribution in [0.2, 0.25) is 0 Å². The highest BCUT2D eigenvalue weighted by Crippen LogP contribution is 2.17. The van der Waals surface area contributed by atoms with Gasteiger partial charge in [-0.15, -0.1) is 0 Å². The predicted octanol–water partition coefficient (Wildman–Crippen LogP) is 0.934. The average molecular weight is 264 g/mol. The molecule has 1 rings (SSSR count). The van der Waals surface area contributed by atoms with E-state index in [2.05, 4.69) is 0 Å². The number of hydrogen-bond acceptors (Lipinski definition) is 3. The van der Waals surface area contributed by atoms with E-state index in [-0.39, 0.29) is 6.54 Å². The molecule has 4 nitrogen and oxygen atoms in total. The van der Waals surface area contributed by atoms with E-state index in [1.807, 2.05) is 0 Å². The van der Waals surface area contributed by atoms with Crippen LogP contribution in [0.4, 0.5) is 8.78 Å². The monoisotopic (exact) mass is 264 g/mol. The van der Waals surface area contributed by atoms with Crippen molar-refractivity contribution < 1.29 is 17.2 Å². The first kappa shape index (κ1) is 14.0. The molecule has 96 valence electrons. The van der Waals surface area contributed by atoms with Gasteiger partial charge in [-0.1, -0.05) is 0 Å². The van der Waals surface area contributed by atoms with Crippen LogP contribution in [0.3, 0.4) is 0 Å². The summed E-state index contributed by atoms with van der Waals surface area (Å²) < 4.78 is 50.7. The lowest BCUT2D eigenvalue weighted by molar-refractivity contribution is 0.461. The molecule has 0 atom stereocenters. The highest BCUT2D eigenvalue weighted by molar-refractivity contribution is 7.89. The van der Waals surface area contributed by atoms with E-state index in [4.69, 9.17) is 5.73 Å². The molecule has 0 heterocycles. The third-order valence-corrected chi connectivity index (χ3v) is 4.06. The van der Waals surface area contributed by atoms with Crippen molar-refractivity contribution in [2.45, 2.75) is 11.3 Å². The minimum Gasteiger partial charge on any atom is -0.330 e. The number of nitrogens with zero attached hydrogens (tertiary/aromatic N) is 1. The smallest absolute Gasteiger partial charge is 0.243 e. The number of benzene rings is 1. The van der Waals surface area contributed by atoms with Gasteiger partial charge in [-0.3, -0.25) is 0 Å². The lowest BCUT2D eigenvalue weighted by Gasteiger charge is -2.16. The molecular formula is C10H14F2N2O2S. The Labute approximate surface area is 99.1 Å². The van der Waals surface area contributed by atoms with Crippen molar-refractivity contribution in [2.24, 2.45) is 5.73 Å². The Morgan fingerprint density at radius 1 is 1.24 bits per heavy atom. The van der Waals surface area contributed by atoms with Gasteiger partial charge in [0.05, 0.1) is 4.90 Å². The summed E-state index contributed by atoms with van der Waals surface area (Å²) >= 11 is 0. The average Bonchev–Trinajstić information content (AvgIpc) is 2.24. The van der Waals surface area contributed by atoms with Gasteiger partial charge in [0.2, 0.25) is 10.0 Å². The molecule has 0 amide bonds. The number of hydrogen-bond donors (Lipinski definition) is 1. The fourth-order valence-electron chi connectivity index (χ4n) is 1.29. The fourth-order valence-corrected chi connectivity index (χ4v) is 2.54. The predicted molar refractivity (Wildman–Crippen MR) is 59.8 cm³/mol. The number of nitrogens with two attached hydrogens (primary N) is 1. The molecule has 0 aliphatic heterocycles. The van der Waals surface area contributed by atoms with Crippen LogP contribution in [0.1, 0.15) is 6.42 Å². The summed E-state index contributed by atoms with van der Waals surface area (Å²) in [6, 6.07) is 2.20. The first-order valence-corrected chi connectivity index (χ1v) is 6.44. The molecule has 0 unspecified atom stereocenters. The second kappa shape index (κ2) is 5.52. The lowest BCUT2D eigenvalue weighted by Crippen LogP contribution is -2.29. The minimum atomic E-state index is -3.86. The summed E-state index contributed by atoms with van der Waals surface area (Å²) in [5, 5.41) is 0. The number of halogens is 2. The first-order valence-electron chi connectivity index (χ1n) is 5.00. The van der Waals surface area contributed by atoms with Crippen molar-refractivity contribution in [1.82, 2.24) is 4.31 Å². The third kappa shape index (κ3) is 3.45. The maximum Gasteiger partial charge on any atom is 0.243 e. The zero-order chi connectivity index (χ0) is 13.1. The molecule has 1 aromatic carbocycles. The highest BCUT2D eigenvalue weighted by Gasteiger charge is 2.21. The van der Waals surface area contributed by atoms with E-state index in [1.54, 1.807) is 0 Å². The molecular weight excluding hydrogens is 250 g/mol. The molecule has 0 bridgehead atoms. The topological polar surface area (TPSA) is 63.4 Å². The van der Waals surface area contributed by atoms with E-state index in [0.29, 0.717) is 19.0 Å². The molecule has 1 aromatic rings. The molecule has 2 N–H and O–H groups in total. The van der Waals surface area contributed by atoms with Crippen molar-refractivity contribution in [3.8, 4) is 0 Å². The normalized spacial score (nSPS) is 12.1. The summed E-state index contributed by atoms with van der Waals surface area (Å²) in [6.45, 7) is 0.550. The lowest BCUT2D eigenvalue weighted by atomic mass is 10.3. The molecule has 7 heteroatoms. The van der Waals surface area contributed by atoms with Crippen molar-refractivity contribution in [3.63, 3.8) is 0 Å². The maximum absolute atomic E-state index is 12.9. The van der Waals surface area contributed by atoms with Gasteiger partial charge in [0, 0.05) is 19.7 Å². The van der Waals surface area contributed by atoms with Gasteiger partial charge in [-0.2, -0.15) is 0 Å². The number of sulfonamides is 1. The van der Waals surface area contributed by atoms with Crippen LogP contribution in [0.25, 0.3) is 0 Å². The van der Waals surface area contributed by atoms with Crippen LogP contribution in [0.5, 0.6) is 0 Å². The highest BCUT2D eigenvalue weighted by atomic mass is 32.2. The van der Waals surface area contributed by atoms with Crippen LogP contribution in [-0.4, -0.2) is 32.9 Å². The van der Waals surface area contributed by atoms with E-state index in [9.17, 15) is 17.2 Å².